The van der Waals surface area contributed by atoms with Crippen molar-refractivity contribution < 1.29 is 4.42 Å². The van der Waals surface area contributed by atoms with E-state index in [-0.39, 0.29) is 5.56 Å². The first-order valence-corrected chi connectivity index (χ1v) is 8.89. The van der Waals surface area contributed by atoms with Crippen molar-refractivity contribution in [1.29, 1.82) is 0 Å². The van der Waals surface area contributed by atoms with Crippen LogP contribution >= 0.6 is 0 Å². The molecule has 26 heavy (non-hydrogen) atoms. The fourth-order valence-corrected chi connectivity index (χ4v) is 3.07. The number of hydrogen-bond acceptors (Lipinski definition) is 5. The van der Waals surface area contributed by atoms with Crippen LogP contribution in [0.15, 0.2) is 45.9 Å². The van der Waals surface area contributed by atoms with Crippen LogP contribution in [-0.2, 0) is 0 Å². The molecule has 0 aliphatic carbocycles. The summed E-state index contributed by atoms with van der Waals surface area (Å²) in [6.07, 6.45) is 5.55. The number of fused-ring (bicyclic) bond motifs is 2. The third-order valence-electron chi connectivity index (χ3n) is 4.80. The summed E-state index contributed by atoms with van der Waals surface area (Å²) in [7, 11) is 0. The van der Waals surface area contributed by atoms with Gasteiger partial charge in [-0.3, -0.25) is 4.79 Å². The lowest BCUT2D eigenvalue weighted by molar-refractivity contribution is 0.518. The third kappa shape index (κ3) is 2.85. The van der Waals surface area contributed by atoms with Gasteiger partial charge in [0, 0.05) is 12.7 Å². The van der Waals surface area contributed by atoms with E-state index in [4.69, 9.17) is 4.42 Å². The van der Waals surface area contributed by atoms with Crippen molar-refractivity contribution in [2.45, 2.75) is 26.7 Å². The van der Waals surface area contributed by atoms with Gasteiger partial charge in [-0.15, -0.1) is 5.10 Å². The maximum Gasteiger partial charge on any atom is 0.259 e. The van der Waals surface area contributed by atoms with Crippen LogP contribution in [0.5, 0.6) is 0 Å². The van der Waals surface area contributed by atoms with Crippen molar-refractivity contribution in [3.8, 4) is 11.5 Å². The number of H-pyrrole nitrogens is 1. The van der Waals surface area contributed by atoms with Gasteiger partial charge in [0.05, 0.1) is 11.6 Å². The maximum absolute atomic E-state index is 11.9. The molecule has 0 saturated carbocycles. The minimum atomic E-state index is -0.174. The van der Waals surface area contributed by atoms with E-state index in [9.17, 15) is 4.79 Å². The molecular formula is C19H21N5O2. The first-order valence-electron chi connectivity index (χ1n) is 8.89. The second kappa shape index (κ2) is 6.67. The first kappa shape index (κ1) is 16.4. The molecule has 0 aromatic carbocycles. The standard InChI is InChI=1S/C19H21N5O2/c1-3-12(4-2)10-21-17-5-6-18-22-11-14(24(18)23-17)16-9-13-15(26-16)7-8-20-19(13)25/h5-9,11-12H,3-4,10H2,1-2H3,(H,20,25)(H,21,23). The third-order valence-corrected chi connectivity index (χ3v) is 4.80. The highest BCUT2D eigenvalue weighted by Gasteiger charge is 2.14. The van der Waals surface area contributed by atoms with Crippen molar-refractivity contribution in [1.82, 2.24) is 19.6 Å². The summed E-state index contributed by atoms with van der Waals surface area (Å²) < 4.78 is 7.57. The lowest BCUT2D eigenvalue weighted by Crippen LogP contribution is -2.14. The fraction of sp³-hybridized carbons (Fsp3) is 0.316. The highest BCUT2D eigenvalue weighted by atomic mass is 16.3. The maximum atomic E-state index is 11.9. The second-order valence-electron chi connectivity index (χ2n) is 6.39. The predicted molar refractivity (Wildman–Crippen MR) is 101 cm³/mol. The number of nitrogens with one attached hydrogen (secondary N) is 2. The van der Waals surface area contributed by atoms with Crippen LogP contribution < -0.4 is 10.9 Å². The van der Waals surface area contributed by atoms with Gasteiger partial charge in [-0.1, -0.05) is 26.7 Å². The van der Waals surface area contributed by atoms with Gasteiger partial charge < -0.3 is 14.7 Å². The smallest absolute Gasteiger partial charge is 0.259 e. The molecule has 7 heteroatoms. The summed E-state index contributed by atoms with van der Waals surface area (Å²) in [5.74, 6) is 1.98. The van der Waals surface area contributed by atoms with E-state index in [0.29, 0.717) is 28.3 Å². The zero-order valence-electron chi connectivity index (χ0n) is 14.8. The molecule has 0 radical (unpaired) electrons. The Morgan fingerprint density at radius 2 is 2.12 bits per heavy atom. The number of hydrogen-bond donors (Lipinski definition) is 2. The number of furan rings is 1. The van der Waals surface area contributed by atoms with Crippen LogP contribution in [0.1, 0.15) is 26.7 Å². The van der Waals surface area contributed by atoms with E-state index >= 15 is 0 Å². The molecule has 0 unspecified atom stereocenters. The molecule has 4 aromatic rings. The van der Waals surface area contributed by atoms with Crippen molar-refractivity contribution in [3.05, 3.63) is 47.0 Å². The van der Waals surface area contributed by atoms with Crippen molar-refractivity contribution in [2.24, 2.45) is 5.92 Å². The first-order chi connectivity index (χ1) is 12.7. The van der Waals surface area contributed by atoms with Gasteiger partial charge in [-0.2, -0.15) is 0 Å². The molecule has 0 atom stereocenters. The average Bonchev–Trinajstić information content (AvgIpc) is 3.26. The van der Waals surface area contributed by atoms with Crippen molar-refractivity contribution >= 4 is 22.4 Å². The Hall–Kier alpha value is -3.09. The monoisotopic (exact) mass is 351 g/mol. The van der Waals surface area contributed by atoms with Gasteiger partial charge in [0.25, 0.3) is 5.56 Å². The van der Waals surface area contributed by atoms with Crippen LogP contribution in [0.3, 0.4) is 0 Å². The van der Waals surface area contributed by atoms with Crippen LogP contribution in [-0.4, -0.2) is 26.1 Å². The van der Waals surface area contributed by atoms with Gasteiger partial charge in [-0.25, -0.2) is 9.50 Å². The molecular weight excluding hydrogens is 330 g/mol. The SMILES string of the molecule is CCC(CC)CNc1ccc2ncc(-c3cc4c(=O)[nH]ccc4o3)n2n1. The Morgan fingerprint density at radius 1 is 1.27 bits per heavy atom. The number of pyridine rings is 1. The Bertz CT molecular complexity index is 1100. The van der Waals surface area contributed by atoms with Crippen molar-refractivity contribution in [3.63, 3.8) is 0 Å². The molecule has 7 nitrogen and oxygen atoms in total. The normalized spacial score (nSPS) is 11.7. The highest BCUT2D eigenvalue weighted by Crippen LogP contribution is 2.26. The van der Waals surface area contributed by atoms with Gasteiger partial charge in [0.15, 0.2) is 11.4 Å². The molecule has 4 heterocycles. The summed E-state index contributed by atoms with van der Waals surface area (Å²) in [6.45, 7) is 5.28. The van der Waals surface area contributed by atoms with E-state index in [1.165, 1.54) is 0 Å². The van der Waals surface area contributed by atoms with Crippen LogP contribution in [0, 0.1) is 5.92 Å². The summed E-state index contributed by atoms with van der Waals surface area (Å²) >= 11 is 0. The minimum absolute atomic E-state index is 0.174. The number of rotatable bonds is 6. The summed E-state index contributed by atoms with van der Waals surface area (Å²) in [6, 6.07) is 7.31. The van der Waals surface area contributed by atoms with Crippen LogP contribution in [0.2, 0.25) is 0 Å². The molecule has 0 amide bonds. The molecule has 0 spiro atoms. The summed E-state index contributed by atoms with van der Waals surface area (Å²) in [5.41, 5.74) is 1.80. The predicted octanol–water partition coefficient (Wildman–Crippen LogP) is 3.68. The Balaban J connectivity index is 1.72. The zero-order chi connectivity index (χ0) is 18.1. The molecule has 0 bridgehead atoms. The second-order valence-corrected chi connectivity index (χ2v) is 6.39. The molecule has 2 N–H and O–H groups in total. The number of aromatic amines is 1. The summed E-state index contributed by atoms with van der Waals surface area (Å²) in [5, 5.41) is 8.55. The van der Waals surface area contributed by atoms with E-state index < -0.39 is 0 Å². The molecule has 0 saturated heterocycles. The van der Waals surface area contributed by atoms with Gasteiger partial charge in [0.2, 0.25) is 0 Å². The van der Waals surface area contributed by atoms with E-state index in [1.807, 2.05) is 12.1 Å². The zero-order valence-corrected chi connectivity index (χ0v) is 14.8. The van der Waals surface area contributed by atoms with E-state index in [2.05, 4.69) is 34.2 Å². The largest absolute Gasteiger partial charge is 0.454 e. The van der Waals surface area contributed by atoms with Gasteiger partial charge in [-0.05, 0) is 30.2 Å². The summed E-state index contributed by atoms with van der Waals surface area (Å²) in [4.78, 5) is 19.0. The van der Waals surface area contributed by atoms with Crippen molar-refractivity contribution in [2.75, 3.05) is 11.9 Å². The number of aromatic nitrogens is 4. The molecule has 4 aromatic heterocycles. The minimum Gasteiger partial charge on any atom is -0.454 e. The Morgan fingerprint density at radius 3 is 2.88 bits per heavy atom. The molecule has 4 rings (SSSR count). The Kier molecular flexibility index (Phi) is 4.20. The molecule has 134 valence electrons. The fourth-order valence-electron chi connectivity index (χ4n) is 3.07. The number of imidazole rings is 1. The average molecular weight is 351 g/mol. The Labute approximate surface area is 150 Å². The highest BCUT2D eigenvalue weighted by molar-refractivity contribution is 5.81. The number of anilines is 1. The van der Waals surface area contributed by atoms with Crippen LogP contribution in [0.25, 0.3) is 28.1 Å². The quantitative estimate of drug-likeness (QED) is 0.553. The topological polar surface area (TPSA) is 88.2 Å². The van der Waals surface area contributed by atoms with Gasteiger partial charge in [0.1, 0.15) is 17.1 Å². The molecule has 0 aliphatic heterocycles. The molecule has 0 aliphatic rings. The van der Waals surface area contributed by atoms with Crippen LogP contribution in [0.4, 0.5) is 5.82 Å². The number of nitrogens with zero attached hydrogens (tertiary/aromatic N) is 3. The van der Waals surface area contributed by atoms with E-state index in [1.54, 1.807) is 29.0 Å². The lowest BCUT2D eigenvalue weighted by Gasteiger charge is -2.13. The lowest BCUT2D eigenvalue weighted by atomic mass is 10.0. The van der Waals surface area contributed by atoms with Gasteiger partial charge >= 0.3 is 0 Å². The molecule has 0 fully saturated rings. The van der Waals surface area contributed by atoms with E-state index in [0.717, 1.165) is 30.9 Å².